The number of fused-ring (bicyclic) bond motifs is 1. The Hall–Kier alpha value is -2.74. The van der Waals surface area contributed by atoms with E-state index in [1.54, 1.807) is 25.1 Å². The van der Waals surface area contributed by atoms with Gasteiger partial charge in [-0.2, -0.15) is 0 Å². The molecule has 0 saturated carbocycles. The summed E-state index contributed by atoms with van der Waals surface area (Å²) in [6.07, 6.45) is 1.09. The van der Waals surface area contributed by atoms with Crippen molar-refractivity contribution < 1.29 is 22.7 Å². The van der Waals surface area contributed by atoms with Gasteiger partial charge in [0.05, 0.1) is 18.0 Å². The van der Waals surface area contributed by atoms with Gasteiger partial charge in [-0.05, 0) is 55.3 Å². The standard InChI is InChI=1S/C19H22N2O5S/c1-12-10-15(4-6-16(12)21-27(3,23)24)19(22)20-13(2)14-5-7-17-18(11-14)26-9-8-25-17/h4-7,10-11,13,21H,8-9H2,1-3H3,(H,20,22)/t13-/m0/s1. The van der Waals surface area contributed by atoms with Crippen LogP contribution in [0.4, 0.5) is 5.69 Å². The number of rotatable bonds is 5. The molecule has 3 rings (SSSR count). The van der Waals surface area contributed by atoms with Crippen molar-refractivity contribution >= 4 is 21.6 Å². The summed E-state index contributed by atoms with van der Waals surface area (Å²) in [7, 11) is -3.37. The summed E-state index contributed by atoms with van der Waals surface area (Å²) in [4.78, 5) is 12.6. The molecule has 144 valence electrons. The Morgan fingerprint density at radius 3 is 2.44 bits per heavy atom. The molecule has 7 nitrogen and oxygen atoms in total. The molecule has 0 unspecified atom stereocenters. The molecule has 0 fully saturated rings. The lowest BCUT2D eigenvalue weighted by molar-refractivity contribution is 0.0939. The molecular weight excluding hydrogens is 368 g/mol. The zero-order valence-corrected chi connectivity index (χ0v) is 16.2. The second-order valence-electron chi connectivity index (χ2n) is 6.50. The first-order valence-corrected chi connectivity index (χ1v) is 10.4. The Labute approximate surface area is 158 Å². The Bertz CT molecular complexity index is 972. The molecule has 1 amide bonds. The summed E-state index contributed by atoms with van der Waals surface area (Å²) in [6, 6.07) is 10.2. The van der Waals surface area contributed by atoms with Crippen molar-refractivity contribution in [1.29, 1.82) is 0 Å². The van der Waals surface area contributed by atoms with Gasteiger partial charge in [-0.3, -0.25) is 9.52 Å². The van der Waals surface area contributed by atoms with E-state index in [0.717, 1.165) is 11.8 Å². The van der Waals surface area contributed by atoms with Gasteiger partial charge in [0.2, 0.25) is 10.0 Å². The van der Waals surface area contributed by atoms with E-state index in [1.807, 2.05) is 25.1 Å². The fourth-order valence-electron chi connectivity index (χ4n) is 2.81. The number of ether oxygens (including phenoxy) is 2. The number of aryl methyl sites for hydroxylation is 1. The van der Waals surface area contributed by atoms with Crippen molar-refractivity contribution in [2.45, 2.75) is 19.9 Å². The van der Waals surface area contributed by atoms with Gasteiger partial charge in [0.25, 0.3) is 5.91 Å². The normalized spacial score (nSPS) is 14.3. The molecule has 0 saturated heterocycles. The molecule has 27 heavy (non-hydrogen) atoms. The van der Waals surface area contributed by atoms with Crippen molar-refractivity contribution in [3.8, 4) is 11.5 Å². The Kier molecular flexibility index (Phi) is 5.27. The zero-order valence-electron chi connectivity index (χ0n) is 15.4. The lowest BCUT2D eigenvalue weighted by atomic mass is 10.1. The molecule has 1 aliphatic rings. The Morgan fingerprint density at radius 2 is 1.78 bits per heavy atom. The minimum absolute atomic E-state index is 0.234. The first-order valence-electron chi connectivity index (χ1n) is 8.52. The van der Waals surface area contributed by atoms with Gasteiger partial charge in [0.1, 0.15) is 13.2 Å². The first kappa shape index (κ1) is 19.0. The predicted molar refractivity (Wildman–Crippen MR) is 103 cm³/mol. The highest BCUT2D eigenvalue weighted by molar-refractivity contribution is 7.92. The Balaban J connectivity index is 1.72. The molecule has 8 heteroatoms. The number of sulfonamides is 1. The molecule has 2 aromatic rings. The van der Waals surface area contributed by atoms with Gasteiger partial charge in [-0.1, -0.05) is 6.07 Å². The molecule has 1 atom stereocenters. The number of anilines is 1. The molecule has 0 spiro atoms. The summed E-state index contributed by atoms with van der Waals surface area (Å²) in [5.41, 5.74) is 2.48. The minimum atomic E-state index is -3.37. The van der Waals surface area contributed by atoms with Crippen molar-refractivity contribution in [2.75, 3.05) is 24.2 Å². The van der Waals surface area contributed by atoms with Crippen LogP contribution in [0.25, 0.3) is 0 Å². The van der Waals surface area contributed by atoms with Gasteiger partial charge in [0, 0.05) is 5.56 Å². The average Bonchev–Trinajstić information content (AvgIpc) is 2.61. The van der Waals surface area contributed by atoms with Crippen LogP contribution in [0.1, 0.15) is 34.5 Å². The van der Waals surface area contributed by atoms with Crippen LogP contribution >= 0.6 is 0 Å². The smallest absolute Gasteiger partial charge is 0.251 e. The summed E-state index contributed by atoms with van der Waals surface area (Å²) in [5.74, 6) is 1.13. The first-order chi connectivity index (χ1) is 12.7. The third-order valence-corrected chi connectivity index (χ3v) is 4.79. The molecule has 0 aliphatic carbocycles. The highest BCUT2D eigenvalue weighted by Crippen LogP contribution is 2.32. The monoisotopic (exact) mass is 390 g/mol. The minimum Gasteiger partial charge on any atom is -0.486 e. The maximum absolute atomic E-state index is 12.6. The van der Waals surface area contributed by atoms with Crippen LogP contribution < -0.4 is 19.5 Å². The second-order valence-corrected chi connectivity index (χ2v) is 8.25. The van der Waals surface area contributed by atoms with Crippen LogP contribution in [0, 0.1) is 6.92 Å². The summed E-state index contributed by atoms with van der Waals surface area (Å²) in [6.45, 7) is 4.66. The molecule has 2 N–H and O–H groups in total. The van der Waals surface area contributed by atoms with Crippen molar-refractivity contribution in [2.24, 2.45) is 0 Å². The fourth-order valence-corrected chi connectivity index (χ4v) is 3.44. The quantitative estimate of drug-likeness (QED) is 0.819. The van der Waals surface area contributed by atoms with Crippen LogP contribution in [0.3, 0.4) is 0 Å². The summed E-state index contributed by atoms with van der Waals surface area (Å²) < 4.78 is 36.2. The second kappa shape index (κ2) is 7.48. The number of amides is 1. The highest BCUT2D eigenvalue weighted by Gasteiger charge is 2.17. The van der Waals surface area contributed by atoms with Crippen LogP contribution in [-0.2, 0) is 10.0 Å². The summed E-state index contributed by atoms with van der Waals surface area (Å²) >= 11 is 0. The third kappa shape index (κ3) is 4.71. The van der Waals surface area contributed by atoms with Gasteiger partial charge >= 0.3 is 0 Å². The maximum Gasteiger partial charge on any atom is 0.251 e. The van der Waals surface area contributed by atoms with Crippen molar-refractivity contribution in [3.63, 3.8) is 0 Å². The fraction of sp³-hybridized carbons (Fsp3) is 0.316. The molecule has 2 aromatic carbocycles. The van der Waals surface area contributed by atoms with Gasteiger partial charge in [-0.25, -0.2) is 8.42 Å². The van der Waals surface area contributed by atoms with E-state index in [4.69, 9.17) is 9.47 Å². The van der Waals surface area contributed by atoms with E-state index in [9.17, 15) is 13.2 Å². The van der Waals surface area contributed by atoms with E-state index in [2.05, 4.69) is 10.0 Å². The SMILES string of the molecule is Cc1cc(C(=O)N[C@@H](C)c2ccc3c(c2)OCCO3)ccc1NS(C)(=O)=O. The number of carbonyl (C=O) groups is 1. The van der Waals surface area contributed by atoms with Gasteiger partial charge in [0.15, 0.2) is 11.5 Å². The predicted octanol–water partition coefficient (Wildman–Crippen LogP) is 2.63. The number of carbonyl (C=O) groups excluding carboxylic acids is 1. The zero-order chi connectivity index (χ0) is 19.6. The molecule has 0 aromatic heterocycles. The highest BCUT2D eigenvalue weighted by atomic mass is 32.2. The van der Waals surface area contributed by atoms with Gasteiger partial charge in [-0.15, -0.1) is 0 Å². The van der Waals surface area contributed by atoms with E-state index in [0.29, 0.717) is 41.5 Å². The van der Waals surface area contributed by atoms with E-state index in [-0.39, 0.29) is 11.9 Å². The lowest BCUT2D eigenvalue weighted by Crippen LogP contribution is -2.27. The average molecular weight is 390 g/mol. The van der Waals surface area contributed by atoms with Gasteiger partial charge < -0.3 is 14.8 Å². The Morgan fingerprint density at radius 1 is 1.07 bits per heavy atom. The number of nitrogens with one attached hydrogen (secondary N) is 2. The molecule has 1 aliphatic heterocycles. The molecule has 1 heterocycles. The molecular formula is C19H22N2O5S. The van der Waals surface area contributed by atoms with Crippen LogP contribution in [-0.4, -0.2) is 33.8 Å². The number of hydrogen-bond acceptors (Lipinski definition) is 5. The maximum atomic E-state index is 12.6. The third-order valence-electron chi connectivity index (χ3n) is 4.20. The van der Waals surface area contributed by atoms with Crippen LogP contribution in [0.2, 0.25) is 0 Å². The van der Waals surface area contributed by atoms with E-state index >= 15 is 0 Å². The number of benzene rings is 2. The summed E-state index contributed by atoms with van der Waals surface area (Å²) in [5, 5.41) is 2.94. The van der Waals surface area contributed by atoms with Crippen LogP contribution in [0.15, 0.2) is 36.4 Å². The largest absolute Gasteiger partial charge is 0.486 e. The van der Waals surface area contributed by atoms with Crippen molar-refractivity contribution in [1.82, 2.24) is 5.32 Å². The van der Waals surface area contributed by atoms with Crippen molar-refractivity contribution in [3.05, 3.63) is 53.1 Å². The molecule has 0 radical (unpaired) electrons. The lowest BCUT2D eigenvalue weighted by Gasteiger charge is -2.21. The topological polar surface area (TPSA) is 93.7 Å². The number of hydrogen-bond donors (Lipinski definition) is 2. The molecule has 0 bridgehead atoms. The van der Waals surface area contributed by atoms with E-state index < -0.39 is 10.0 Å². The van der Waals surface area contributed by atoms with E-state index in [1.165, 1.54) is 0 Å². The van der Waals surface area contributed by atoms with Crippen LogP contribution in [0.5, 0.6) is 11.5 Å².